The fraction of sp³-hybridized carbons (Fsp3) is 0.167. The second kappa shape index (κ2) is 6.16. The van der Waals surface area contributed by atoms with Crippen LogP contribution in [0.4, 0.5) is 5.82 Å². The van der Waals surface area contributed by atoms with Crippen molar-refractivity contribution in [3.8, 4) is 0 Å². The van der Waals surface area contributed by atoms with Crippen molar-refractivity contribution in [1.29, 1.82) is 0 Å². The number of carbonyl (C=O) groups is 1. The smallest absolute Gasteiger partial charge is 0.358 e. The van der Waals surface area contributed by atoms with Crippen LogP contribution >= 0.6 is 11.6 Å². The van der Waals surface area contributed by atoms with Crippen molar-refractivity contribution in [2.75, 3.05) is 0 Å². The maximum Gasteiger partial charge on any atom is 0.381 e. The normalized spacial score (nSPS) is 10.2. The van der Waals surface area contributed by atoms with E-state index in [0.29, 0.717) is 11.6 Å². The van der Waals surface area contributed by atoms with Crippen LogP contribution in [0.25, 0.3) is 0 Å². The Hall–Kier alpha value is -2.41. The summed E-state index contributed by atoms with van der Waals surface area (Å²) in [6.45, 7) is 0.264. The molecule has 0 bridgehead atoms. The molecule has 1 amide bonds. The van der Waals surface area contributed by atoms with Crippen LogP contribution in [-0.4, -0.2) is 20.4 Å². The molecule has 7 nitrogen and oxygen atoms in total. The highest BCUT2D eigenvalue weighted by Gasteiger charge is 2.12. The molecule has 8 heteroatoms. The van der Waals surface area contributed by atoms with Crippen molar-refractivity contribution in [2.24, 2.45) is 0 Å². The van der Waals surface area contributed by atoms with E-state index in [0.717, 1.165) is 5.56 Å². The Morgan fingerprint density at radius 3 is 2.85 bits per heavy atom. The highest BCUT2D eigenvalue weighted by Crippen LogP contribution is 2.14. The molecule has 0 aliphatic rings. The highest BCUT2D eigenvalue weighted by molar-refractivity contribution is 6.31. The molecule has 2 rings (SSSR count). The first-order chi connectivity index (χ1) is 9.56. The van der Waals surface area contributed by atoms with Crippen molar-refractivity contribution >= 4 is 23.3 Å². The number of nitrogens with one attached hydrogen (secondary N) is 1. The van der Waals surface area contributed by atoms with E-state index in [1.807, 2.05) is 12.1 Å². The predicted molar refractivity (Wildman–Crippen MR) is 72.2 cm³/mol. The van der Waals surface area contributed by atoms with E-state index in [1.54, 1.807) is 12.1 Å². The van der Waals surface area contributed by atoms with Crippen LogP contribution in [0, 0.1) is 10.1 Å². The van der Waals surface area contributed by atoms with Gasteiger partial charge in [-0.25, -0.2) is 0 Å². The van der Waals surface area contributed by atoms with Gasteiger partial charge in [0, 0.05) is 11.6 Å². The molecule has 0 fully saturated rings. The average molecular weight is 295 g/mol. The lowest BCUT2D eigenvalue weighted by Crippen LogP contribution is -2.26. The van der Waals surface area contributed by atoms with E-state index >= 15 is 0 Å². The standard InChI is InChI=1S/C12H11ClN4O3/c13-10-4-2-1-3-9(10)5-14-12(18)7-16-6-11(15-8-16)17(19)20/h1-4,6,8H,5,7H2,(H,14,18). The third-order valence-corrected chi connectivity index (χ3v) is 2.94. The summed E-state index contributed by atoms with van der Waals surface area (Å²) in [6, 6.07) is 7.18. The maximum atomic E-state index is 11.7. The molecular formula is C12H11ClN4O3. The first-order valence-electron chi connectivity index (χ1n) is 5.72. The molecule has 0 unspecified atom stereocenters. The van der Waals surface area contributed by atoms with E-state index in [9.17, 15) is 14.9 Å². The summed E-state index contributed by atoms with van der Waals surface area (Å²) < 4.78 is 1.35. The Bertz CT molecular complexity index is 641. The minimum Gasteiger partial charge on any atom is -0.358 e. The Balaban J connectivity index is 1.89. The first kappa shape index (κ1) is 14.0. The molecule has 20 heavy (non-hydrogen) atoms. The van der Waals surface area contributed by atoms with Gasteiger partial charge in [0.15, 0.2) is 0 Å². The summed E-state index contributed by atoms with van der Waals surface area (Å²) in [4.78, 5) is 25.1. The van der Waals surface area contributed by atoms with Gasteiger partial charge in [0.25, 0.3) is 0 Å². The Morgan fingerprint density at radius 2 is 2.20 bits per heavy atom. The van der Waals surface area contributed by atoms with Crippen LogP contribution in [-0.2, 0) is 17.9 Å². The zero-order valence-corrected chi connectivity index (χ0v) is 11.1. The average Bonchev–Trinajstić information content (AvgIpc) is 2.86. The summed E-state index contributed by atoms with van der Waals surface area (Å²) >= 11 is 5.96. The quantitative estimate of drug-likeness (QED) is 0.672. The first-order valence-corrected chi connectivity index (χ1v) is 6.10. The number of rotatable bonds is 5. The van der Waals surface area contributed by atoms with Gasteiger partial charge in [-0.15, -0.1) is 0 Å². The van der Waals surface area contributed by atoms with E-state index in [1.165, 1.54) is 17.1 Å². The summed E-state index contributed by atoms with van der Waals surface area (Å²) in [5, 5.41) is 13.7. The molecular weight excluding hydrogens is 284 g/mol. The molecule has 0 aliphatic carbocycles. The van der Waals surface area contributed by atoms with Gasteiger partial charge in [0.1, 0.15) is 12.7 Å². The number of nitro groups is 1. The number of benzene rings is 1. The number of imidazole rings is 1. The number of amides is 1. The Labute approximate surface area is 119 Å². The third kappa shape index (κ3) is 3.55. The molecule has 1 aromatic carbocycles. The molecule has 1 N–H and O–H groups in total. The summed E-state index contributed by atoms with van der Waals surface area (Å²) in [5.74, 6) is -0.568. The fourth-order valence-electron chi connectivity index (χ4n) is 1.59. The molecule has 0 radical (unpaired) electrons. The van der Waals surface area contributed by atoms with Crippen LogP contribution < -0.4 is 5.32 Å². The van der Waals surface area contributed by atoms with Gasteiger partial charge in [-0.2, -0.15) is 0 Å². The SMILES string of the molecule is O=C(Cn1cnc([N+](=O)[O-])c1)NCc1ccccc1Cl. The third-order valence-electron chi connectivity index (χ3n) is 2.57. The Morgan fingerprint density at radius 1 is 1.45 bits per heavy atom. The monoisotopic (exact) mass is 294 g/mol. The summed E-state index contributed by atoms with van der Waals surface area (Å²) in [7, 11) is 0. The van der Waals surface area contributed by atoms with E-state index in [4.69, 9.17) is 11.6 Å². The van der Waals surface area contributed by atoms with Gasteiger partial charge < -0.3 is 20.0 Å². The van der Waals surface area contributed by atoms with Gasteiger partial charge in [0.2, 0.25) is 12.2 Å². The zero-order chi connectivity index (χ0) is 14.5. The van der Waals surface area contributed by atoms with Crippen LogP contribution in [0.1, 0.15) is 5.56 Å². The molecule has 1 aromatic heterocycles. The van der Waals surface area contributed by atoms with Crippen LogP contribution in [0.2, 0.25) is 5.02 Å². The van der Waals surface area contributed by atoms with Crippen molar-refractivity contribution in [1.82, 2.24) is 14.9 Å². The molecule has 0 atom stereocenters. The topological polar surface area (TPSA) is 90.1 Å². The van der Waals surface area contributed by atoms with E-state index in [-0.39, 0.29) is 18.3 Å². The fourth-order valence-corrected chi connectivity index (χ4v) is 1.79. The maximum absolute atomic E-state index is 11.7. The zero-order valence-electron chi connectivity index (χ0n) is 10.3. The number of carbonyl (C=O) groups excluding carboxylic acids is 1. The molecule has 104 valence electrons. The van der Waals surface area contributed by atoms with Gasteiger partial charge in [-0.05, 0) is 21.5 Å². The van der Waals surface area contributed by atoms with Crippen molar-refractivity contribution in [3.05, 3.63) is 57.5 Å². The number of nitrogens with zero attached hydrogens (tertiary/aromatic N) is 3. The van der Waals surface area contributed by atoms with Gasteiger partial charge >= 0.3 is 5.82 Å². The van der Waals surface area contributed by atoms with Crippen LogP contribution in [0.15, 0.2) is 36.8 Å². The number of hydrogen-bond acceptors (Lipinski definition) is 4. The van der Waals surface area contributed by atoms with Crippen molar-refractivity contribution in [3.63, 3.8) is 0 Å². The number of hydrogen-bond donors (Lipinski definition) is 1. The minimum atomic E-state index is -0.613. The lowest BCUT2D eigenvalue weighted by atomic mass is 10.2. The summed E-state index contributed by atoms with van der Waals surface area (Å²) in [5.41, 5.74) is 0.805. The molecule has 1 heterocycles. The largest absolute Gasteiger partial charge is 0.381 e. The second-order valence-corrected chi connectivity index (χ2v) is 4.44. The van der Waals surface area contributed by atoms with Gasteiger partial charge in [0.05, 0.1) is 0 Å². The van der Waals surface area contributed by atoms with E-state index < -0.39 is 4.92 Å². The highest BCUT2D eigenvalue weighted by atomic mass is 35.5. The molecule has 2 aromatic rings. The lowest BCUT2D eigenvalue weighted by molar-refractivity contribution is -0.389. The van der Waals surface area contributed by atoms with Crippen molar-refractivity contribution < 1.29 is 9.72 Å². The summed E-state index contributed by atoms with van der Waals surface area (Å²) in [6.07, 6.45) is 2.45. The predicted octanol–water partition coefficient (Wildman–Crippen LogP) is 1.76. The Kier molecular flexibility index (Phi) is 4.31. The second-order valence-electron chi connectivity index (χ2n) is 4.03. The van der Waals surface area contributed by atoms with Gasteiger partial charge in [-0.3, -0.25) is 4.79 Å². The minimum absolute atomic E-state index is 0.0364. The molecule has 0 saturated carbocycles. The number of halogens is 1. The van der Waals surface area contributed by atoms with Crippen LogP contribution in [0.3, 0.4) is 0 Å². The lowest BCUT2D eigenvalue weighted by Gasteiger charge is -2.06. The molecule has 0 spiro atoms. The molecule has 0 aliphatic heterocycles. The van der Waals surface area contributed by atoms with Crippen LogP contribution in [0.5, 0.6) is 0 Å². The number of aromatic nitrogens is 2. The van der Waals surface area contributed by atoms with Gasteiger partial charge in [-0.1, -0.05) is 29.8 Å². The van der Waals surface area contributed by atoms with Crippen molar-refractivity contribution in [2.45, 2.75) is 13.1 Å². The molecule has 0 saturated heterocycles. The van der Waals surface area contributed by atoms with E-state index in [2.05, 4.69) is 10.3 Å².